The number of carbonyl (C=O) groups excluding carboxylic acids is 1. The van der Waals surface area contributed by atoms with Gasteiger partial charge in [-0.15, -0.1) is 0 Å². The number of amides is 1. The molecule has 2 N–H and O–H groups in total. The van der Waals surface area contributed by atoms with Gasteiger partial charge in [0.05, 0.1) is 0 Å². The van der Waals surface area contributed by atoms with Crippen molar-refractivity contribution in [1.82, 2.24) is 9.47 Å². The first-order valence-corrected chi connectivity index (χ1v) is 10.3. The topological polar surface area (TPSA) is 51.3 Å². The summed E-state index contributed by atoms with van der Waals surface area (Å²) in [5, 5.41) is 1.20. The van der Waals surface area contributed by atoms with Crippen molar-refractivity contribution in [3.63, 3.8) is 0 Å². The second kappa shape index (κ2) is 6.78. The first-order valence-electron chi connectivity index (χ1n) is 10.3. The van der Waals surface area contributed by atoms with Gasteiger partial charge in [0.25, 0.3) is 0 Å². The quantitative estimate of drug-likeness (QED) is 0.736. The third-order valence-electron chi connectivity index (χ3n) is 6.75. The van der Waals surface area contributed by atoms with Gasteiger partial charge in [0.2, 0.25) is 5.91 Å². The number of nitrogens with two attached hydrogens (primary N) is 1. The monoisotopic (exact) mass is 373 g/mol. The van der Waals surface area contributed by atoms with Crippen molar-refractivity contribution in [3.8, 4) is 0 Å². The van der Waals surface area contributed by atoms with Gasteiger partial charge in [-0.3, -0.25) is 9.69 Å². The molecule has 1 aromatic heterocycles. The van der Waals surface area contributed by atoms with E-state index in [0.717, 1.165) is 12.1 Å². The van der Waals surface area contributed by atoms with E-state index in [2.05, 4.69) is 52.8 Å². The van der Waals surface area contributed by atoms with E-state index in [4.69, 9.17) is 5.73 Å². The fraction of sp³-hybridized carbons (Fsp3) is 0.375. The van der Waals surface area contributed by atoms with E-state index in [1.165, 1.54) is 42.3 Å². The Balaban J connectivity index is 1.44. The van der Waals surface area contributed by atoms with Crippen LogP contribution in [0.2, 0.25) is 0 Å². The molecule has 0 spiro atoms. The van der Waals surface area contributed by atoms with Crippen molar-refractivity contribution in [2.24, 2.45) is 5.73 Å². The number of benzene rings is 2. The largest absolute Gasteiger partial charge is 0.366 e. The first kappa shape index (κ1) is 17.5. The molecule has 2 aliphatic rings. The number of fused-ring (bicyclic) bond motifs is 3. The van der Waals surface area contributed by atoms with Crippen molar-refractivity contribution in [1.29, 1.82) is 0 Å². The maximum atomic E-state index is 11.7. The molecule has 0 aliphatic carbocycles. The summed E-state index contributed by atoms with van der Waals surface area (Å²) in [6, 6.07) is 20.7. The van der Waals surface area contributed by atoms with Crippen LogP contribution in [-0.2, 0) is 6.54 Å². The van der Waals surface area contributed by atoms with Crippen LogP contribution in [0.5, 0.6) is 0 Å². The molecule has 4 nitrogen and oxygen atoms in total. The van der Waals surface area contributed by atoms with Crippen LogP contribution in [0.25, 0.3) is 10.9 Å². The molecular weight excluding hydrogens is 346 g/mol. The minimum atomic E-state index is -0.356. The predicted molar refractivity (Wildman–Crippen MR) is 112 cm³/mol. The van der Waals surface area contributed by atoms with E-state index in [1.54, 1.807) is 0 Å². The number of hydrogen-bond acceptors (Lipinski definition) is 2. The Bertz CT molecular complexity index is 1010. The molecule has 1 amide bonds. The third-order valence-corrected chi connectivity index (χ3v) is 6.75. The summed E-state index contributed by atoms with van der Waals surface area (Å²) in [4.78, 5) is 14.4. The molecule has 0 radical (unpaired) electrons. The van der Waals surface area contributed by atoms with Gasteiger partial charge in [0, 0.05) is 41.4 Å². The molecule has 1 unspecified atom stereocenters. The SMILES string of the molecule is Cc1cc2ccc(C(N)=O)cc2n1C1C[C@H]2CC[C@@H](C1)N2Cc1ccccc1. The molecule has 3 heterocycles. The van der Waals surface area contributed by atoms with Crippen LogP contribution < -0.4 is 5.73 Å². The standard InChI is InChI=1S/C24H27N3O/c1-16-11-18-7-8-19(24(25)28)12-23(18)27(16)22-13-20-9-10-21(14-22)26(20)15-17-5-3-2-4-6-17/h2-8,11-12,20-22H,9-10,13-15H2,1H3,(H2,25,28)/t20-,21+,22?. The van der Waals surface area contributed by atoms with Crippen LogP contribution >= 0.6 is 0 Å². The van der Waals surface area contributed by atoms with Crippen LogP contribution in [-0.4, -0.2) is 27.5 Å². The van der Waals surface area contributed by atoms with E-state index in [-0.39, 0.29) is 5.91 Å². The van der Waals surface area contributed by atoms with Gasteiger partial charge in [0.15, 0.2) is 0 Å². The Morgan fingerprint density at radius 3 is 2.39 bits per heavy atom. The van der Waals surface area contributed by atoms with Gasteiger partial charge in [-0.05, 0) is 61.8 Å². The Labute approximate surface area is 165 Å². The summed E-state index contributed by atoms with van der Waals surface area (Å²) >= 11 is 0. The highest BCUT2D eigenvalue weighted by molar-refractivity contribution is 5.97. The van der Waals surface area contributed by atoms with Crippen molar-refractivity contribution >= 4 is 16.8 Å². The Kier molecular flexibility index (Phi) is 4.24. The molecule has 28 heavy (non-hydrogen) atoms. The van der Waals surface area contributed by atoms with Crippen LogP contribution in [0, 0.1) is 6.92 Å². The maximum absolute atomic E-state index is 11.7. The summed E-state index contributed by atoms with van der Waals surface area (Å²) in [6.45, 7) is 3.24. The van der Waals surface area contributed by atoms with E-state index in [0.29, 0.717) is 23.7 Å². The molecule has 2 saturated heterocycles. The highest BCUT2D eigenvalue weighted by atomic mass is 16.1. The minimum Gasteiger partial charge on any atom is -0.366 e. The molecule has 3 atom stereocenters. The Morgan fingerprint density at radius 2 is 1.71 bits per heavy atom. The second-order valence-corrected chi connectivity index (χ2v) is 8.46. The van der Waals surface area contributed by atoms with Crippen LogP contribution in [0.3, 0.4) is 0 Å². The smallest absolute Gasteiger partial charge is 0.248 e. The van der Waals surface area contributed by atoms with Gasteiger partial charge in [-0.1, -0.05) is 36.4 Å². The lowest BCUT2D eigenvalue weighted by Crippen LogP contribution is -2.42. The van der Waals surface area contributed by atoms with Gasteiger partial charge >= 0.3 is 0 Å². The fourth-order valence-electron chi connectivity index (χ4n) is 5.51. The molecule has 0 saturated carbocycles. The number of nitrogens with zero attached hydrogens (tertiary/aromatic N) is 2. The number of aromatic nitrogens is 1. The molecule has 144 valence electrons. The van der Waals surface area contributed by atoms with E-state index < -0.39 is 0 Å². The van der Waals surface area contributed by atoms with Crippen LogP contribution in [0.1, 0.15) is 53.3 Å². The number of carbonyl (C=O) groups is 1. The summed E-state index contributed by atoms with van der Waals surface area (Å²) in [7, 11) is 0. The van der Waals surface area contributed by atoms with Gasteiger partial charge in [0.1, 0.15) is 0 Å². The molecule has 2 aromatic carbocycles. The lowest BCUT2D eigenvalue weighted by atomic mass is 9.96. The average Bonchev–Trinajstić information content (AvgIpc) is 3.12. The summed E-state index contributed by atoms with van der Waals surface area (Å²) in [6.07, 6.45) is 4.93. The molecule has 5 rings (SSSR count). The third kappa shape index (κ3) is 2.92. The van der Waals surface area contributed by atoms with Crippen molar-refractivity contribution in [3.05, 3.63) is 71.4 Å². The number of primary amides is 1. The zero-order valence-electron chi connectivity index (χ0n) is 16.3. The van der Waals surface area contributed by atoms with Crippen LogP contribution in [0.15, 0.2) is 54.6 Å². The number of hydrogen-bond donors (Lipinski definition) is 1. The fourth-order valence-corrected chi connectivity index (χ4v) is 5.51. The van der Waals surface area contributed by atoms with E-state index in [9.17, 15) is 4.79 Å². The minimum absolute atomic E-state index is 0.356. The Morgan fingerprint density at radius 1 is 1.00 bits per heavy atom. The Hall–Kier alpha value is -2.59. The van der Waals surface area contributed by atoms with Crippen molar-refractivity contribution in [2.75, 3.05) is 0 Å². The summed E-state index contributed by atoms with van der Waals surface area (Å²) in [5.74, 6) is -0.356. The summed E-state index contributed by atoms with van der Waals surface area (Å²) < 4.78 is 2.47. The zero-order chi connectivity index (χ0) is 19.3. The average molecular weight is 374 g/mol. The predicted octanol–water partition coefficient (Wildman–Crippen LogP) is 4.42. The van der Waals surface area contributed by atoms with Gasteiger partial charge < -0.3 is 10.3 Å². The molecule has 2 aliphatic heterocycles. The second-order valence-electron chi connectivity index (χ2n) is 8.46. The van der Waals surface area contributed by atoms with E-state index in [1.807, 2.05) is 18.2 Å². The van der Waals surface area contributed by atoms with Gasteiger partial charge in [-0.25, -0.2) is 0 Å². The van der Waals surface area contributed by atoms with Crippen molar-refractivity contribution in [2.45, 2.75) is 57.3 Å². The van der Waals surface area contributed by atoms with Gasteiger partial charge in [-0.2, -0.15) is 0 Å². The lowest BCUT2D eigenvalue weighted by Gasteiger charge is -2.40. The number of rotatable bonds is 4. The van der Waals surface area contributed by atoms with Crippen molar-refractivity contribution < 1.29 is 4.79 Å². The van der Waals surface area contributed by atoms with E-state index >= 15 is 0 Å². The zero-order valence-corrected chi connectivity index (χ0v) is 16.3. The highest BCUT2D eigenvalue weighted by Crippen LogP contribution is 2.43. The summed E-state index contributed by atoms with van der Waals surface area (Å²) in [5.41, 5.74) is 9.96. The molecule has 4 heteroatoms. The molecular formula is C24H27N3O. The number of aryl methyl sites for hydroxylation is 1. The molecule has 2 fully saturated rings. The lowest BCUT2D eigenvalue weighted by molar-refractivity contribution is 0.0995. The highest BCUT2D eigenvalue weighted by Gasteiger charge is 2.41. The first-order chi connectivity index (χ1) is 13.6. The maximum Gasteiger partial charge on any atom is 0.248 e. The number of piperidine rings is 1. The molecule has 2 bridgehead atoms. The normalized spacial score (nSPS) is 24.7. The van der Waals surface area contributed by atoms with Crippen LogP contribution in [0.4, 0.5) is 0 Å². The molecule has 3 aromatic rings.